The number of benzene rings is 2. The zero-order valence-corrected chi connectivity index (χ0v) is 23.5. The summed E-state index contributed by atoms with van der Waals surface area (Å²) < 4.78 is 7.36. The minimum atomic E-state index is -0.325. The SMILES string of the molecule is CCOC(=O)c1sc(N2N=C3/C(=C/c4ccc(Br)cc4)CCCC3C2c2ccc(Br)cc2)nc1C. The van der Waals surface area contributed by atoms with Gasteiger partial charge in [-0.1, -0.05) is 67.5 Å². The number of allylic oxidation sites excluding steroid dienone is 1. The van der Waals surface area contributed by atoms with Crippen LogP contribution >= 0.6 is 43.2 Å². The number of carbonyl (C=O) groups excluding carboxylic acids is 1. The van der Waals surface area contributed by atoms with Crippen molar-refractivity contribution in [3.8, 4) is 0 Å². The van der Waals surface area contributed by atoms with Crippen LogP contribution in [-0.2, 0) is 4.74 Å². The summed E-state index contributed by atoms with van der Waals surface area (Å²) in [5.74, 6) is -0.0732. The minimum absolute atomic E-state index is 0.0207. The van der Waals surface area contributed by atoms with E-state index >= 15 is 0 Å². The molecule has 1 saturated carbocycles. The monoisotopic (exact) mass is 613 g/mol. The lowest BCUT2D eigenvalue weighted by Gasteiger charge is -2.29. The van der Waals surface area contributed by atoms with E-state index < -0.39 is 0 Å². The molecule has 35 heavy (non-hydrogen) atoms. The number of halogens is 2. The number of nitrogens with zero attached hydrogens (tertiary/aromatic N) is 3. The first-order valence-electron chi connectivity index (χ1n) is 11.7. The molecule has 1 aliphatic carbocycles. The van der Waals surface area contributed by atoms with Gasteiger partial charge >= 0.3 is 5.97 Å². The van der Waals surface area contributed by atoms with E-state index in [2.05, 4.69) is 86.5 Å². The van der Waals surface area contributed by atoms with E-state index in [-0.39, 0.29) is 17.9 Å². The van der Waals surface area contributed by atoms with Gasteiger partial charge in [0, 0.05) is 14.9 Å². The first kappa shape index (κ1) is 24.4. The molecule has 3 aromatic rings. The molecular formula is C27H25Br2N3O2S. The normalized spacial score (nSPS) is 20.6. The van der Waals surface area contributed by atoms with Crippen molar-refractivity contribution in [3.63, 3.8) is 0 Å². The Bertz CT molecular complexity index is 1300. The second-order valence-electron chi connectivity index (χ2n) is 8.68. The number of hydrazone groups is 1. The molecule has 0 bridgehead atoms. The lowest BCUT2D eigenvalue weighted by Crippen LogP contribution is -2.28. The molecule has 2 aromatic carbocycles. The molecule has 5 nitrogen and oxygen atoms in total. The molecular weight excluding hydrogens is 590 g/mol. The number of thiazole rings is 1. The molecule has 2 unspecified atom stereocenters. The molecule has 0 N–H and O–H groups in total. The van der Waals surface area contributed by atoms with Gasteiger partial charge in [-0.05, 0) is 80.2 Å². The number of hydrogen-bond donors (Lipinski definition) is 0. The largest absolute Gasteiger partial charge is 0.462 e. The van der Waals surface area contributed by atoms with Crippen LogP contribution in [0.4, 0.5) is 5.13 Å². The number of rotatable bonds is 5. The number of esters is 1. The molecule has 180 valence electrons. The van der Waals surface area contributed by atoms with Crippen LogP contribution in [0.3, 0.4) is 0 Å². The van der Waals surface area contributed by atoms with E-state index in [0.717, 1.165) is 39.1 Å². The summed E-state index contributed by atoms with van der Waals surface area (Å²) in [7, 11) is 0. The molecule has 5 rings (SSSR count). The van der Waals surface area contributed by atoms with Crippen molar-refractivity contribution in [2.45, 2.75) is 39.2 Å². The van der Waals surface area contributed by atoms with E-state index in [1.165, 1.54) is 28.0 Å². The highest BCUT2D eigenvalue weighted by Gasteiger charge is 2.43. The Morgan fingerprint density at radius 2 is 1.83 bits per heavy atom. The van der Waals surface area contributed by atoms with Crippen molar-refractivity contribution in [2.24, 2.45) is 11.0 Å². The smallest absolute Gasteiger partial charge is 0.350 e. The average molecular weight is 615 g/mol. The van der Waals surface area contributed by atoms with Crippen LogP contribution in [0.25, 0.3) is 6.08 Å². The molecule has 0 spiro atoms. The topological polar surface area (TPSA) is 54.8 Å². The Kier molecular flexibility index (Phi) is 7.23. The number of ether oxygens (including phenoxy) is 1. The Labute approximate surface area is 226 Å². The van der Waals surface area contributed by atoms with Crippen LogP contribution in [-0.4, -0.2) is 23.3 Å². The molecule has 0 amide bonds. The van der Waals surface area contributed by atoms with Gasteiger partial charge in [-0.25, -0.2) is 14.8 Å². The van der Waals surface area contributed by atoms with Crippen LogP contribution in [0.15, 0.2) is 68.2 Å². The van der Waals surface area contributed by atoms with Crippen molar-refractivity contribution < 1.29 is 9.53 Å². The number of hydrogen-bond acceptors (Lipinski definition) is 6. The van der Waals surface area contributed by atoms with Gasteiger partial charge in [0.05, 0.1) is 24.1 Å². The third-order valence-electron chi connectivity index (χ3n) is 6.37. The van der Waals surface area contributed by atoms with Gasteiger partial charge in [0.15, 0.2) is 0 Å². The fraction of sp³-hybridized carbons (Fsp3) is 0.296. The second kappa shape index (κ2) is 10.4. The molecule has 1 aliphatic heterocycles. The number of carbonyl (C=O) groups is 1. The molecule has 2 aliphatic rings. The molecule has 1 fully saturated rings. The van der Waals surface area contributed by atoms with Gasteiger partial charge in [-0.2, -0.15) is 5.10 Å². The summed E-state index contributed by atoms with van der Waals surface area (Å²) in [5, 5.41) is 7.93. The van der Waals surface area contributed by atoms with Crippen LogP contribution in [0, 0.1) is 12.8 Å². The van der Waals surface area contributed by atoms with Gasteiger partial charge < -0.3 is 4.74 Å². The van der Waals surface area contributed by atoms with Gasteiger partial charge in [0.1, 0.15) is 4.88 Å². The number of aromatic nitrogens is 1. The van der Waals surface area contributed by atoms with Gasteiger partial charge in [-0.15, -0.1) is 0 Å². The fourth-order valence-corrected chi connectivity index (χ4v) is 6.25. The Morgan fingerprint density at radius 3 is 2.51 bits per heavy atom. The second-order valence-corrected chi connectivity index (χ2v) is 11.5. The van der Waals surface area contributed by atoms with Crippen LogP contribution in [0.5, 0.6) is 0 Å². The quantitative estimate of drug-likeness (QED) is 0.274. The molecule has 2 heterocycles. The fourth-order valence-electron chi connectivity index (χ4n) is 4.78. The summed E-state index contributed by atoms with van der Waals surface area (Å²) in [6, 6.07) is 16.8. The van der Waals surface area contributed by atoms with E-state index in [0.29, 0.717) is 17.2 Å². The van der Waals surface area contributed by atoms with Crippen molar-refractivity contribution in [1.29, 1.82) is 0 Å². The van der Waals surface area contributed by atoms with Gasteiger partial charge in [0.25, 0.3) is 0 Å². The highest BCUT2D eigenvalue weighted by molar-refractivity contribution is 9.10. The lowest BCUT2D eigenvalue weighted by molar-refractivity contribution is 0.0531. The zero-order chi connectivity index (χ0) is 24.5. The maximum absolute atomic E-state index is 12.5. The maximum Gasteiger partial charge on any atom is 0.350 e. The third kappa shape index (κ3) is 5.01. The van der Waals surface area contributed by atoms with Crippen molar-refractivity contribution in [1.82, 2.24) is 4.98 Å². The number of fused-ring (bicyclic) bond motifs is 1. The molecule has 2 atom stereocenters. The van der Waals surface area contributed by atoms with Gasteiger partial charge in [-0.3, -0.25) is 0 Å². The highest BCUT2D eigenvalue weighted by atomic mass is 79.9. The van der Waals surface area contributed by atoms with E-state index in [4.69, 9.17) is 14.8 Å². The lowest BCUT2D eigenvalue weighted by atomic mass is 9.77. The van der Waals surface area contributed by atoms with E-state index in [1.807, 2.05) is 18.9 Å². The standard InChI is InChI=1S/C27H25Br2N3O2S/c1-3-34-26(33)25-16(2)30-27(35-25)32-24(18-9-13-21(29)14-10-18)22-6-4-5-19(23(22)31-32)15-17-7-11-20(28)12-8-17/h7-15,22,24H,3-6H2,1-2H3/b19-15+. The zero-order valence-electron chi connectivity index (χ0n) is 19.5. The maximum atomic E-state index is 12.5. The summed E-state index contributed by atoms with van der Waals surface area (Å²) in [5.41, 5.74) is 5.43. The van der Waals surface area contributed by atoms with Crippen LogP contribution in [0.2, 0.25) is 0 Å². The summed E-state index contributed by atoms with van der Waals surface area (Å²) in [4.78, 5) is 17.8. The number of anilines is 1. The van der Waals surface area contributed by atoms with E-state index in [9.17, 15) is 4.79 Å². The molecule has 0 radical (unpaired) electrons. The van der Waals surface area contributed by atoms with Crippen molar-refractivity contribution >= 4 is 66.1 Å². The van der Waals surface area contributed by atoms with E-state index in [1.54, 1.807) is 0 Å². The first-order valence-corrected chi connectivity index (χ1v) is 14.1. The summed E-state index contributed by atoms with van der Waals surface area (Å²) in [6.45, 7) is 4.01. The first-order chi connectivity index (χ1) is 16.9. The Hall–Kier alpha value is -2.29. The highest BCUT2D eigenvalue weighted by Crippen LogP contribution is 2.47. The predicted octanol–water partition coefficient (Wildman–Crippen LogP) is 7.95. The van der Waals surface area contributed by atoms with Crippen molar-refractivity contribution in [2.75, 3.05) is 11.6 Å². The van der Waals surface area contributed by atoms with Crippen LogP contribution < -0.4 is 5.01 Å². The van der Waals surface area contributed by atoms with Crippen molar-refractivity contribution in [3.05, 3.63) is 84.7 Å². The summed E-state index contributed by atoms with van der Waals surface area (Å²) in [6.07, 6.45) is 5.43. The molecule has 8 heteroatoms. The molecule has 1 aromatic heterocycles. The predicted molar refractivity (Wildman–Crippen MR) is 149 cm³/mol. The summed E-state index contributed by atoms with van der Waals surface area (Å²) >= 11 is 8.44. The Balaban J connectivity index is 1.58. The average Bonchev–Trinajstić information content (AvgIpc) is 3.43. The molecule has 0 saturated heterocycles. The van der Waals surface area contributed by atoms with Gasteiger partial charge in [0.2, 0.25) is 5.13 Å². The van der Waals surface area contributed by atoms with Crippen LogP contribution in [0.1, 0.15) is 58.7 Å². The minimum Gasteiger partial charge on any atom is -0.462 e. The third-order valence-corrected chi connectivity index (χ3v) is 8.55. The number of aryl methyl sites for hydroxylation is 1. The Morgan fingerprint density at radius 1 is 1.14 bits per heavy atom.